The molecule has 89 valence electrons. The maximum absolute atomic E-state index is 11.9. The predicted molar refractivity (Wildman–Crippen MR) is 67.2 cm³/mol. The molecule has 1 amide bonds. The van der Waals surface area contributed by atoms with E-state index < -0.39 is 0 Å². The zero-order valence-corrected chi connectivity index (χ0v) is 9.65. The number of rotatable bonds is 3. The van der Waals surface area contributed by atoms with E-state index in [0.717, 1.165) is 26.9 Å². The van der Waals surface area contributed by atoms with Crippen LogP contribution in [0.15, 0.2) is 24.3 Å². The Balaban J connectivity index is 1.93. The number of hydrogen-bond acceptors (Lipinski definition) is 3. The summed E-state index contributed by atoms with van der Waals surface area (Å²) in [6, 6.07) is 6.84. The van der Waals surface area contributed by atoms with Crippen LogP contribution in [0.2, 0.25) is 0 Å². The van der Waals surface area contributed by atoms with Crippen LogP contribution in [0, 0.1) is 0 Å². The first-order valence-corrected chi connectivity index (χ1v) is 5.91. The molecule has 2 rings (SSSR count). The van der Waals surface area contributed by atoms with Crippen LogP contribution in [-0.2, 0) is 0 Å². The van der Waals surface area contributed by atoms with Crippen molar-refractivity contribution >= 4 is 18.9 Å². The van der Waals surface area contributed by atoms with Gasteiger partial charge >= 0.3 is 7.48 Å². The van der Waals surface area contributed by atoms with Gasteiger partial charge in [0.25, 0.3) is 5.91 Å². The minimum atomic E-state index is -0.0751. The van der Waals surface area contributed by atoms with Crippen molar-refractivity contribution in [3.63, 3.8) is 0 Å². The summed E-state index contributed by atoms with van der Waals surface area (Å²) in [4.78, 5) is 11.9. The Kier molecular flexibility index (Phi) is 4.17. The second-order valence-corrected chi connectivity index (χ2v) is 4.23. The maximum Gasteiger partial charge on any atom is 0.326 e. The van der Waals surface area contributed by atoms with E-state index in [-0.39, 0.29) is 12.1 Å². The fourth-order valence-electron chi connectivity index (χ4n) is 1.94. The van der Waals surface area contributed by atoms with Crippen LogP contribution in [0.5, 0.6) is 0 Å². The Morgan fingerprint density at radius 2 is 2.12 bits per heavy atom. The minimum Gasteiger partial charge on any atom is -0.450 e. The van der Waals surface area contributed by atoms with Crippen LogP contribution in [0.3, 0.4) is 0 Å². The summed E-state index contributed by atoms with van der Waals surface area (Å²) in [6.45, 7) is 0.962. The van der Waals surface area contributed by atoms with Crippen LogP contribution in [0.4, 0.5) is 0 Å². The lowest BCUT2D eigenvalue weighted by molar-refractivity contribution is 0.0921. The summed E-state index contributed by atoms with van der Waals surface area (Å²) in [7, 11) is 1.02. The topological polar surface area (TPSA) is 61.4 Å². The molecule has 1 saturated heterocycles. The van der Waals surface area contributed by atoms with Gasteiger partial charge in [-0.3, -0.25) is 10.1 Å². The normalized spacial score (nSPS) is 19.7. The molecule has 0 aromatic heterocycles. The molecule has 0 saturated carbocycles. The van der Waals surface area contributed by atoms with Gasteiger partial charge in [0.05, 0.1) is 6.17 Å². The first-order chi connectivity index (χ1) is 8.29. The van der Waals surface area contributed by atoms with Gasteiger partial charge in [0.2, 0.25) is 0 Å². The zero-order chi connectivity index (χ0) is 12.1. The molecule has 1 aromatic carbocycles. The van der Waals surface area contributed by atoms with Crippen molar-refractivity contribution in [1.29, 1.82) is 0 Å². The second-order valence-electron chi connectivity index (χ2n) is 4.23. The quantitative estimate of drug-likeness (QED) is 0.629. The number of nitrogens with one attached hydrogen (secondary N) is 2. The summed E-state index contributed by atoms with van der Waals surface area (Å²) >= 11 is 0. The zero-order valence-electron chi connectivity index (χ0n) is 9.65. The van der Waals surface area contributed by atoms with Gasteiger partial charge in [-0.2, -0.15) is 0 Å². The smallest absolute Gasteiger partial charge is 0.326 e. The van der Waals surface area contributed by atoms with Crippen LogP contribution in [0.25, 0.3) is 0 Å². The number of carbonyl (C=O) groups is 1. The molecule has 1 aromatic rings. The highest BCUT2D eigenvalue weighted by molar-refractivity contribution is 6.45. The van der Waals surface area contributed by atoms with E-state index in [1.54, 1.807) is 24.3 Å². The van der Waals surface area contributed by atoms with Crippen molar-refractivity contribution in [1.82, 2.24) is 10.6 Å². The molecule has 1 radical (unpaired) electrons. The summed E-state index contributed by atoms with van der Waals surface area (Å²) in [5, 5.41) is 15.0. The SMILES string of the molecule is O=C(NC1CCCCN1)c1ccc([B]O)cc1. The van der Waals surface area contributed by atoms with E-state index in [1.165, 1.54) is 6.42 Å². The van der Waals surface area contributed by atoms with Gasteiger partial charge in [-0.05, 0) is 37.9 Å². The molecular formula is C12H16BN2O2. The van der Waals surface area contributed by atoms with E-state index in [1.807, 2.05) is 0 Å². The van der Waals surface area contributed by atoms with Gasteiger partial charge in [0.1, 0.15) is 0 Å². The number of hydrogen-bond donors (Lipinski definition) is 3. The molecule has 5 heteroatoms. The summed E-state index contributed by atoms with van der Waals surface area (Å²) < 4.78 is 0. The number of benzene rings is 1. The fraction of sp³-hybridized carbons (Fsp3) is 0.417. The first-order valence-electron chi connectivity index (χ1n) is 5.91. The predicted octanol–water partition coefficient (Wildman–Crippen LogP) is -0.247. The van der Waals surface area contributed by atoms with Gasteiger partial charge in [0.15, 0.2) is 0 Å². The molecule has 0 aliphatic carbocycles. The van der Waals surface area contributed by atoms with Crippen LogP contribution < -0.4 is 16.1 Å². The Morgan fingerprint density at radius 1 is 1.35 bits per heavy atom. The second kappa shape index (κ2) is 5.84. The third kappa shape index (κ3) is 3.31. The first kappa shape index (κ1) is 12.1. The number of carbonyl (C=O) groups excluding carboxylic acids is 1. The molecular weight excluding hydrogens is 215 g/mol. The molecule has 0 bridgehead atoms. The number of piperidine rings is 1. The van der Waals surface area contributed by atoms with Gasteiger partial charge in [-0.25, -0.2) is 0 Å². The van der Waals surface area contributed by atoms with E-state index in [9.17, 15) is 4.79 Å². The van der Waals surface area contributed by atoms with Crippen LogP contribution >= 0.6 is 0 Å². The molecule has 1 fully saturated rings. The molecule has 1 unspecified atom stereocenters. The van der Waals surface area contributed by atoms with Crippen LogP contribution in [-0.4, -0.2) is 31.1 Å². The average Bonchev–Trinajstić information content (AvgIpc) is 2.40. The van der Waals surface area contributed by atoms with Gasteiger partial charge in [-0.15, -0.1) is 0 Å². The van der Waals surface area contributed by atoms with Crippen molar-refractivity contribution in [2.24, 2.45) is 0 Å². The lowest BCUT2D eigenvalue weighted by Crippen LogP contribution is -2.47. The van der Waals surface area contributed by atoms with Gasteiger partial charge in [0, 0.05) is 5.56 Å². The van der Waals surface area contributed by atoms with Gasteiger partial charge < -0.3 is 10.3 Å². The molecule has 4 nitrogen and oxygen atoms in total. The van der Waals surface area contributed by atoms with Gasteiger partial charge in [-0.1, -0.05) is 17.6 Å². The van der Waals surface area contributed by atoms with Crippen molar-refractivity contribution in [3.05, 3.63) is 29.8 Å². The summed E-state index contributed by atoms with van der Waals surface area (Å²) in [6.07, 6.45) is 3.39. The highest BCUT2D eigenvalue weighted by Crippen LogP contribution is 2.05. The highest BCUT2D eigenvalue weighted by atomic mass is 16.2. The third-order valence-electron chi connectivity index (χ3n) is 2.94. The van der Waals surface area contributed by atoms with E-state index in [2.05, 4.69) is 10.6 Å². The van der Waals surface area contributed by atoms with E-state index in [0.29, 0.717) is 11.0 Å². The monoisotopic (exact) mass is 231 g/mol. The van der Waals surface area contributed by atoms with E-state index in [4.69, 9.17) is 5.02 Å². The molecule has 17 heavy (non-hydrogen) atoms. The van der Waals surface area contributed by atoms with E-state index >= 15 is 0 Å². The number of amides is 1. The van der Waals surface area contributed by atoms with Crippen molar-refractivity contribution in [2.45, 2.75) is 25.4 Å². The summed E-state index contributed by atoms with van der Waals surface area (Å²) in [5.41, 5.74) is 1.31. The Labute approximate surface area is 102 Å². The van der Waals surface area contributed by atoms with Crippen molar-refractivity contribution in [3.8, 4) is 0 Å². The molecule has 0 spiro atoms. The van der Waals surface area contributed by atoms with Crippen molar-refractivity contribution in [2.75, 3.05) is 6.54 Å². The largest absolute Gasteiger partial charge is 0.450 e. The maximum atomic E-state index is 11.9. The Morgan fingerprint density at radius 3 is 2.71 bits per heavy atom. The standard InChI is InChI=1S/C12H16BN2O2/c16-12(15-11-3-1-2-8-14-11)9-4-6-10(13-17)7-5-9/h4-7,11,14,17H,1-3,8H2,(H,15,16). The fourth-order valence-corrected chi connectivity index (χ4v) is 1.94. The minimum absolute atomic E-state index is 0.0751. The Bertz CT molecular complexity index is 375. The Hall–Kier alpha value is -1.33. The van der Waals surface area contributed by atoms with Crippen molar-refractivity contribution < 1.29 is 9.82 Å². The average molecular weight is 231 g/mol. The summed E-state index contributed by atoms with van der Waals surface area (Å²) in [5.74, 6) is -0.0751. The molecule has 3 N–H and O–H groups in total. The lowest BCUT2D eigenvalue weighted by Gasteiger charge is -2.24. The highest BCUT2D eigenvalue weighted by Gasteiger charge is 2.15. The molecule has 1 aliphatic rings. The lowest BCUT2D eigenvalue weighted by atomic mass is 9.88. The molecule has 1 atom stereocenters. The van der Waals surface area contributed by atoms with Crippen LogP contribution in [0.1, 0.15) is 29.6 Å². The molecule has 1 aliphatic heterocycles. The molecule has 1 heterocycles. The third-order valence-corrected chi connectivity index (χ3v) is 2.94.